The molecule has 2 aliphatic heterocycles. The molecule has 3 fully saturated rings. The minimum atomic E-state index is -5.56. The minimum absolute atomic E-state index is 0.0578. The fourth-order valence-electron chi connectivity index (χ4n) is 5.32. The molecule has 19 nitrogen and oxygen atoms in total. The smallest absolute Gasteiger partial charge is 0.393 e. The van der Waals surface area contributed by atoms with Crippen LogP contribution >= 0.6 is 26.9 Å². The van der Waals surface area contributed by atoms with Crippen LogP contribution in [0.4, 0.5) is 10.2 Å². The second kappa shape index (κ2) is 12.0. The van der Waals surface area contributed by atoms with Gasteiger partial charge in [-0.3, -0.25) is 13.6 Å². The number of anilines is 1. The van der Waals surface area contributed by atoms with Gasteiger partial charge in [-0.05, 0) is 25.7 Å². The molecule has 12 atom stereocenters. The maximum atomic E-state index is 14.0. The van der Waals surface area contributed by atoms with E-state index in [9.17, 15) is 43.9 Å². The first kappa shape index (κ1) is 34.0. The number of nitrogen functional groups attached to an aromatic ring is 1. The number of aromatic nitrogens is 4. The van der Waals surface area contributed by atoms with Gasteiger partial charge in [0.2, 0.25) is 0 Å². The number of hydrogen-bond donors (Lipinski definition) is 9. The summed E-state index contributed by atoms with van der Waals surface area (Å²) in [5, 5.41) is 62.0. The van der Waals surface area contributed by atoms with Crippen LogP contribution in [0.15, 0.2) is 12.7 Å². The number of nitrogens with zero attached hydrogens (tertiary/aromatic N) is 4. The Kier molecular flexibility index (Phi) is 9.26. The lowest BCUT2D eigenvalue weighted by molar-refractivity contribution is -0.287. The highest BCUT2D eigenvalue weighted by molar-refractivity contribution is 8.45. The van der Waals surface area contributed by atoms with Crippen LogP contribution < -0.4 is 5.73 Å². The van der Waals surface area contributed by atoms with Crippen molar-refractivity contribution in [2.75, 3.05) is 18.9 Å². The molecule has 3 aliphatic rings. The highest BCUT2D eigenvalue weighted by Gasteiger charge is 2.67. The molecule has 2 aromatic rings. The van der Waals surface area contributed by atoms with Crippen molar-refractivity contribution in [1.82, 2.24) is 19.5 Å². The molecule has 1 saturated carbocycles. The largest absolute Gasteiger partial charge is 0.482 e. The predicted molar refractivity (Wildman–Crippen MR) is 145 cm³/mol. The molecule has 4 heterocycles. The number of phosphoric ester groups is 1. The number of halogens is 1. The summed E-state index contributed by atoms with van der Waals surface area (Å²) in [7, 11) is -5.56. The summed E-state index contributed by atoms with van der Waals surface area (Å²) in [5.74, 6) is -0.372. The molecule has 248 valence electrons. The van der Waals surface area contributed by atoms with Crippen LogP contribution in [-0.4, -0.2) is 122 Å². The van der Waals surface area contributed by atoms with Gasteiger partial charge in [0.05, 0.1) is 19.5 Å². The van der Waals surface area contributed by atoms with Crippen LogP contribution in [0.5, 0.6) is 0 Å². The molecule has 5 rings (SSSR count). The molecule has 9 N–H and O–H groups in total. The standard InChI is InChI=1S/C21H32FN5O14P2S/c1-20(18(32)21(33,8-2-3-8)19(39-20)27-7-26-10-15(23)24-6-25-16(10)27)5-37-43(36,44)41-42(34,35)40-17-13(31)11(29)12(30)14(38-17)9(22)4-28/h6-9,11-14,17-19,28-33H,2-5H2,1H3,(H,34,35)(H,36,44)(H2,23,24,25)/t9-,11?,12?,13?,14?,17?,18+,19+,20+,21+,43?/m0/s1. The summed E-state index contributed by atoms with van der Waals surface area (Å²) < 4.78 is 66.3. The average molecular weight is 692 g/mol. The van der Waals surface area contributed by atoms with Gasteiger partial charge in [-0.1, -0.05) is 12.2 Å². The van der Waals surface area contributed by atoms with Crippen molar-refractivity contribution < 1.29 is 71.9 Å². The first-order chi connectivity index (χ1) is 20.4. The molecule has 23 heteroatoms. The third kappa shape index (κ3) is 6.17. The molecule has 7 unspecified atom stereocenters. The third-order valence-corrected chi connectivity index (χ3v) is 11.3. The van der Waals surface area contributed by atoms with Crippen molar-refractivity contribution in [1.29, 1.82) is 0 Å². The number of aliphatic hydroxyl groups excluding tert-OH is 5. The number of aliphatic hydroxyl groups is 6. The van der Waals surface area contributed by atoms with E-state index in [4.69, 9.17) is 24.8 Å². The lowest BCUT2D eigenvalue weighted by atomic mass is 9.83. The van der Waals surface area contributed by atoms with E-state index in [1.807, 2.05) is 0 Å². The highest BCUT2D eigenvalue weighted by Crippen LogP contribution is 2.67. The Balaban J connectivity index is 1.30. The Morgan fingerprint density at radius 2 is 1.89 bits per heavy atom. The van der Waals surface area contributed by atoms with Crippen LogP contribution in [0.25, 0.3) is 11.2 Å². The molecule has 0 bridgehead atoms. The van der Waals surface area contributed by atoms with Gasteiger partial charge in [0, 0.05) is 0 Å². The Morgan fingerprint density at radius 3 is 2.52 bits per heavy atom. The Labute approximate surface area is 253 Å². The summed E-state index contributed by atoms with van der Waals surface area (Å²) >= 11 is 3.66. The number of fused-ring (bicyclic) bond motifs is 1. The summed E-state index contributed by atoms with van der Waals surface area (Å²) in [6.45, 7) is -5.60. The first-order valence-corrected chi connectivity index (χ1v) is 17.3. The van der Waals surface area contributed by atoms with E-state index in [1.165, 1.54) is 24.1 Å². The second-order valence-electron chi connectivity index (χ2n) is 11.0. The molecular formula is C21H32FN5O14P2S. The molecule has 0 spiro atoms. The van der Waals surface area contributed by atoms with E-state index in [0.717, 1.165) is 0 Å². The van der Waals surface area contributed by atoms with Gasteiger partial charge < -0.3 is 50.7 Å². The normalized spacial score (nSPS) is 39.6. The van der Waals surface area contributed by atoms with E-state index in [0.29, 0.717) is 12.8 Å². The van der Waals surface area contributed by atoms with Gasteiger partial charge >= 0.3 is 14.6 Å². The lowest BCUT2D eigenvalue weighted by Crippen LogP contribution is -2.60. The van der Waals surface area contributed by atoms with E-state index in [2.05, 4.69) is 36.0 Å². The zero-order chi connectivity index (χ0) is 32.4. The van der Waals surface area contributed by atoms with Crippen molar-refractivity contribution in [3.8, 4) is 0 Å². The molecule has 2 aromatic heterocycles. The fraction of sp³-hybridized carbons (Fsp3) is 0.762. The summed E-state index contributed by atoms with van der Waals surface area (Å²) in [6.07, 6.45) is -12.4. The van der Waals surface area contributed by atoms with Crippen LogP contribution in [0, 0.1) is 5.92 Å². The SMILES string of the molecule is C[C@]1(COP(=O)(S)OP(=O)(O)OC2OC([C@@H](F)CO)C(O)C(O)C2O)O[C@@H](n2cnc3c(N)ncnc32)[C@@](O)(C2CC2)[C@@H]1O. The Morgan fingerprint density at radius 1 is 1.20 bits per heavy atom. The molecule has 0 radical (unpaired) electrons. The lowest BCUT2D eigenvalue weighted by Gasteiger charge is -2.41. The monoisotopic (exact) mass is 691 g/mol. The minimum Gasteiger partial charge on any atom is -0.393 e. The number of phosphoric acid groups is 1. The number of thiol groups is 1. The Hall–Kier alpha value is -1.39. The summed E-state index contributed by atoms with van der Waals surface area (Å²) in [5.41, 5.74) is 2.49. The number of rotatable bonds is 11. The van der Waals surface area contributed by atoms with E-state index >= 15 is 0 Å². The van der Waals surface area contributed by atoms with Crippen LogP contribution in [-0.2, 0) is 32.0 Å². The third-order valence-electron chi connectivity index (χ3n) is 7.76. The van der Waals surface area contributed by atoms with Gasteiger partial charge in [-0.15, -0.1) is 0 Å². The molecular weight excluding hydrogens is 659 g/mol. The van der Waals surface area contributed by atoms with Crippen LogP contribution in [0.2, 0.25) is 0 Å². The first-order valence-electron chi connectivity index (χ1n) is 13.1. The number of hydrogen-bond acceptors (Lipinski definition) is 17. The topological polar surface area (TPSA) is 292 Å². The van der Waals surface area contributed by atoms with Gasteiger partial charge in [0.1, 0.15) is 53.6 Å². The fourth-order valence-corrected chi connectivity index (χ4v) is 8.57. The molecule has 0 aromatic carbocycles. The second-order valence-corrected chi connectivity index (χ2v) is 15.4. The van der Waals surface area contributed by atoms with Gasteiger partial charge in [-0.2, -0.15) is 4.31 Å². The van der Waals surface area contributed by atoms with Crippen molar-refractivity contribution in [3.05, 3.63) is 12.7 Å². The van der Waals surface area contributed by atoms with E-state index in [-0.39, 0.29) is 17.0 Å². The molecule has 0 amide bonds. The van der Waals surface area contributed by atoms with E-state index < -0.39 is 94.2 Å². The van der Waals surface area contributed by atoms with E-state index in [1.54, 1.807) is 0 Å². The van der Waals surface area contributed by atoms with Gasteiger partial charge in [0.25, 0.3) is 0 Å². The number of nitrogens with two attached hydrogens (primary N) is 1. The maximum Gasteiger partial charge on any atom is 0.482 e. The van der Waals surface area contributed by atoms with Crippen LogP contribution in [0.3, 0.4) is 0 Å². The summed E-state index contributed by atoms with van der Waals surface area (Å²) in [6, 6.07) is 0. The molecule has 44 heavy (non-hydrogen) atoms. The molecule has 1 aliphatic carbocycles. The maximum absolute atomic E-state index is 14.0. The van der Waals surface area contributed by atoms with Crippen molar-refractivity contribution in [2.24, 2.45) is 5.92 Å². The number of imidazole rings is 1. The predicted octanol–water partition coefficient (Wildman–Crippen LogP) is -1.48. The average Bonchev–Trinajstić information content (AvgIpc) is 3.69. The van der Waals surface area contributed by atoms with Gasteiger partial charge in [-0.25, -0.2) is 28.5 Å². The Bertz CT molecular complexity index is 1480. The number of ether oxygens (including phenoxy) is 2. The molecule has 2 saturated heterocycles. The van der Waals surface area contributed by atoms with Gasteiger partial charge in [0.15, 0.2) is 30.2 Å². The zero-order valence-electron chi connectivity index (χ0n) is 22.8. The van der Waals surface area contributed by atoms with Crippen molar-refractivity contribution in [3.63, 3.8) is 0 Å². The number of alkyl halides is 1. The van der Waals surface area contributed by atoms with Crippen molar-refractivity contribution >= 4 is 43.9 Å². The van der Waals surface area contributed by atoms with Crippen molar-refractivity contribution in [2.45, 2.75) is 80.2 Å². The van der Waals surface area contributed by atoms with Crippen LogP contribution in [0.1, 0.15) is 26.0 Å². The quantitative estimate of drug-likeness (QED) is 0.0959. The zero-order valence-corrected chi connectivity index (χ0v) is 25.4. The summed E-state index contributed by atoms with van der Waals surface area (Å²) in [4.78, 5) is 22.4. The highest BCUT2D eigenvalue weighted by atomic mass is 32.7.